The number of hydrogen-bond acceptors (Lipinski definition) is 5. The first kappa shape index (κ1) is 14.4. The molecule has 106 valence electrons. The number of piperidine rings is 1. The van der Waals surface area contributed by atoms with Crippen LogP contribution in [0.25, 0.3) is 0 Å². The number of nitrogens with zero attached hydrogens (tertiary/aromatic N) is 3. The fraction of sp³-hybridized carbons (Fsp3) is 0.667. The molecular formula is C12H20N4O2S. The van der Waals surface area contributed by atoms with Crippen LogP contribution >= 0.6 is 0 Å². The summed E-state index contributed by atoms with van der Waals surface area (Å²) in [6.07, 6.45) is 6.27. The van der Waals surface area contributed by atoms with Gasteiger partial charge in [-0.2, -0.15) is 0 Å². The Bertz CT molecular complexity index is 500. The number of nitrogens with one attached hydrogen (secondary N) is 1. The molecule has 19 heavy (non-hydrogen) atoms. The fourth-order valence-corrected chi connectivity index (χ4v) is 3.85. The second-order valence-corrected chi connectivity index (χ2v) is 7.13. The highest BCUT2D eigenvalue weighted by Gasteiger charge is 2.33. The highest BCUT2D eigenvalue weighted by molar-refractivity contribution is 7.89. The predicted octanol–water partition coefficient (Wildman–Crippen LogP) is 0.551. The van der Waals surface area contributed by atoms with Crippen molar-refractivity contribution in [2.24, 2.45) is 0 Å². The average molecular weight is 284 g/mol. The molecule has 6 nitrogen and oxygen atoms in total. The molecule has 0 aliphatic carbocycles. The molecule has 7 heteroatoms. The van der Waals surface area contributed by atoms with Crippen LogP contribution in [-0.2, 0) is 10.0 Å². The molecule has 1 fully saturated rings. The minimum absolute atomic E-state index is 0.0744. The summed E-state index contributed by atoms with van der Waals surface area (Å²) in [6.45, 7) is 3.39. The summed E-state index contributed by atoms with van der Waals surface area (Å²) in [5.41, 5.74) is 0.489. The van der Waals surface area contributed by atoms with Crippen LogP contribution in [0.3, 0.4) is 0 Å². The Balaban J connectivity index is 2.17. The van der Waals surface area contributed by atoms with Gasteiger partial charge in [0.25, 0.3) is 0 Å². The van der Waals surface area contributed by atoms with Crippen molar-refractivity contribution in [2.75, 3.05) is 20.1 Å². The van der Waals surface area contributed by atoms with Crippen molar-refractivity contribution in [3.8, 4) is 0 Å². The molecule has 1 aliphatic rings. The Morgan fingerprint density at radius 2 is 2.05 bits per heavy atom. The molecule has 0 radical (unpaired) electrons. The lowest BCUT2D eigenvalue weighted by Crippen LogP contribution is -2.45. The minimum atomic E-state index is -3.39. The Morgan fingerprint density at radius 3 is 2.63 bits per heavy atom. The van der Waals surface area contributed by atoms with Gasteiger partial charge in [-0.05, 0) is 32.9 Å². The van der Waals surface area contributed by atoms with Crippen molar-refractivity contribution in [1.82, 2.24) is 19.6 Å². The van der Waals surface area contributed by atoms with E-state index < -0.39 is 15.3 Å². The van der Waals surface area contributed by atoms with E-state index >= 15 is 0 Å². The lowest BCUT2D eigenvalue weighted by molar-refractivity contribution is 0.294. The van der Waals surface area contributed by atoms with Crippen LogP contribution in [0.5, 0.6) is 0 Å². The Morgan fingerprint density at radius 1 is 1.37 bits per heavy atom. The molecular weight excluding hydrogens is 264 g/mol. The lowest BCUT2D eigenvalue weighted by atomic mass is 10.1. The zero-order valence-corrected chi connectivity index (χ0v) is 12.1. The van der Waals surface area contributed by atoms with E-state index in [0.29, 0.717) is 5.69 Å². The predicted molar refractivity (Wildman–Crippen MR) is 73.0 cm³/mol. The maximum Gasteiger partial charge on any atom is 0.222 e. The molecule has 1 aliphatic heterocycles. The summed E-state index contributed by atoms with van der Waals surface area (Å²) in [5.74, 6) is 0. The summed E-state index contributed by atoms with van der Waals surface area (Å²) in [7, 11) is -1.72. The van der Waals surface area contributed by atoms with Crippen molar-refractivity contribution in [3.63, 3.8) is 0 Å². The molecule has 0 aromatic carbocycles. The van der Waals surface area contributed by atoms with Crippen molar-refractivity contribution < 1.29 is 8.42 Å². The van der Waals surface area contributed by atoms with Crippen LogP contribution in [0.4, 0.5) is 0 Å². The van der Waals surface area contributed by atoms with Gasteiger partial charge < -0.3 is 5.32 Å². The third-order valence-corrected chi connectivity index (χ3v) is 5.91. The second-order valence-electron chi connectivity index (χ2n) is 4.81. The van der Waals surface area contributed by atoms with Crippen molar-refractivity contribution in [2.45, 2.75) is 31.1 Å². The molecule has 2 heterocycles. The van der Waals surface area contributed by atoms with Gasteiger partial charge in [0.05, 0.1) is 5.69 Å². The maximum atomic E-state index is 12.6. The van der Waals surface area contributed by atoms with Crippen LogP contribution < -0.4 is 5.32 Å². The molecule has 1 saturated heterocycles. The maximum absolute atomic E-state index is 12.6. The highest BCUT2D eigenvalue weighted by atomic mass is 32.2. The van der Waals surface area contributed by atoms with Gasteiger partial charge in [0, 0.05) is 31.7 Å². The smallest absolute Gasteiger partial charge is 0.222 e. The Kier molecular flexibility index (Phi) is 4.49. The van der Waals surface area contributed by atoms with Gasteiger partial charge in [0.15, 0.2) is 0 Å². The molecule has 0 unspecified atom stereocenters. The van der Waals surface area contributed by atoms with E-state index in [1.807, 2.05) is 0 Å². The van der Waals surface area contributed by atoms with Gasteiger partial charge in [0.2, 0.25) is 10.0 Å². The average Bonchev–Trinajstić information content (AvgIpc) is 2.47. The molecule has 0 spiro atoms. The fourth-order valence-electron chi connectivity index (χ4n) is 2.30. The molecule has 1 aromatic rings. The summed E-state index contributed by atoms with van der Waals surface area (Å²) < 4.78 is 26.6. The summed E-state index contributed by atoms with van der Waals surface area (Å²) in [4.78, 5) is 8.03. The van der Waals surface area contributed by atoms with E-state index in [2.05, 4.69) is 15.3 Å². The largest absolute Gasteiger partial charge is 0.317 e. The Labute approximate surface area is 114 Å². The molecule has 0 amide bonds. The van der Waals surface area contributed by atoms with E-state index in [1.54, 1.807) is 20.2 Å². The van der Waals surface area contributed by atoms with Crippen LogP contribution in [-0.4, -0.2) is 48.9 Å². The lowest BCUT2D eigenvalue weighted by Gasteiger charge is -2.32. The molecule has 0 saturated carbocycles. The normalized spacial score (nSPS) is 19.5. The molecule has 1 atom stereocenters. The van der Waals surface area contributed by atoms with Crippen LogP contribution in [0.2, 0.25) is 0 Å². The minimum Gasteiger partial charge on any atom is -0.317 e. The molecule has 1 N–H and O–H groups in total. The zero-order valence-electron chi connectivity index (χ0n) is 11.3. The quantitative estimate of drug-likeness (QED) is 0.874. The standard InChI is InChI=1S/C12H20N4O2S/c1-10(12-9-14-7-8-15-12)19(17,18)16(2)11-3-5-13-6-4-11/h7-11,13H,3-6H2,1-2H3/t10-/m1/s1. The van der Waals surface area contributed by atoms with Gasteiger partial charge in [-0.3, -0.25) is 9.97 Å². The van der Waals surface area contributed by atoms with Gasteiger partial charge in [-0.15, -0.1) is 0 Å². The van der Waals surface area contributed by atoms with E-state index in [0.717, 1.165) is 25.9 Å². The molecule has 1 aromatic heterocycles. The van der Waals surface area contributed by atoms with E-state index in [-0.39, 0.29) is 6.04 Å². The third kappa shape index (κ3) is 3.10. The summed E-state index contributed by atoms with van der Waals surface area (Å²) in [5, 5.41) is 2.57. The zero-order chi connectivity index (χ0) is 13.9. The van der Waals surface area contributed by atoms with Gasteiger partial charge in [-0.1, -0.05) is 0 Å². The first-order chi connectivity index (χ1) is 9.03. The molecule has 0 bridgehead atoms. The molecule has 2 rings (SSSR count). The summed E-state index contributed by atoms with van der Waals surface area (Å²) in [6, 6.07) is 0.0744. The first-order valence-corrected chi connectivity index (χ1v) is 7.97. The van der Waals surface area contributed by atoms with Crippen molar-refractivity contribution in [3.05, 3.63) is 24.3 Å². The second kappa shape index (κ2) is 5.94. The monoisotopic (exact) mass is 284 g/mol. The van der Waals surface area contributed by atoms with Crippen molar-refractivity contribution in [1.29, 1.82) is 0 Å². The van der Waals surface area contributed by atoms with Crippen LogP contribution in [0.1, 0.15) is 30.7 Å². The summed E-state index contributed by atoms with van der Waals surface area (Å²) >= 11 is 0. The van der Waals surface area contributed by atoms with E-state index in [1.165, 1.54) is 16.7 Å². The highest BCUT2D eigenvalue weighted by Crippen LogP contribution is 2.25. The number of rotatable bonds is 4. The third-order valence-electron chi connectivity index (χ3n) is 3.67. The number of aromatic nitrogens is 2. The van der Waals surface area contributed by atoms with E-state index in [4.69, 9.17) is 0 Å². The topological polar surface area (TPSA) is 75.2 Å². The van der Waals surface area contributed by atoms with Crippen molar-refractivity contribution >= 4 is 10.0 Å². The SMILES string of the molecule is C[C@H](c1cnccn1)S(=O)(=O)N(C)C1CCNCC1. The van der Waals surface area contributed by atoms with Crippen LogP contribution in [0, 0.1) is 0 Å². The van der Waals surface area contributed by atoms with Crippen LogP contribution in [0.15, 0.2) is 18.6 Å². The van der Waals surface area contributed by atoms with Gasteiger partial charge >= 0.3 is 0 Å². The van der Waals surface area contributed by atoms with Gasteiger partial charge in [0.1, 0.15) is 5.25 Å². The number of sulfonamides is 1. The Hall–Kier alpha value is -1.05. The van der Waals surface area contributed by atoms with Gasteiger partial charge in [-0.25, -0.2) is 12.7 Å². The van der Waals surface area contributed by atoms with E-state index in [9.17, 15) is 8.42 Å². The first-order valence-electron chi connectivity index (χ1n) is 6.47. The number of hydrogen-bond donors (Lipinski definition) is 1.